The molecule has 0 saturated carbocycles. The molecule has 0 bridgehead atoms. The van der Waals surface area contributed by atoms with Crippen LogP contribution in [-0.2, 0) is 22.9 Å². The smallest absolute Gasteiger partial charge is 0.261 e. The van der Waals surface area contributed by atoms with Gasteiger partial charge in [0.1, 0.15) is 19.3 Å². The number of hydrogen-bond donors (Lipinski definition) is 0. The zero-order valence-corrected chi connectivity index (χ0v) is 24.7. The number of aromatic nitrogens is 3. The lowest BCUT2D eigenvalue weighted by Gasteiger charge is -2.17. The highest BCUT2D eigenvalue weighted by molar-refractivity contribution is 6.76. The number of rotatable bonds is 10. The lowest BCUT2D eigenvalue weighted by Crippen LogP contribution is -2.24. The molecule has 0 saturated heterocycles. The van der Waals surface area contributed by atoms with Gasteiger partial charge >= 0.3 is 0 Å². The molecule has 2 aromatic carbocycles. The summed E-state index contributed by atoms with van der Waals surface area (Å²) in [5.41, 5.74) is 1.10. The number of imidazole rings is 1. The van der Waals surface area contributed by atoms with Crippen LogP contribution in [-0.4, -0.2) is 43.5 Å². The Morgan fingerprint density at radius 3 is 2.19 bits per heavy atom. The summed E-state index contributed by atoms with van der Waals surface area (Å²) < 4.78 is 29.5. The van der Waals surface area contributed by atoms with Crippen LogP contribution < -0.4 is 5.56 Å². The van der Waals surface area contributed by atoms with Crippen molar-refractivity contribution in [3.63, 3.8) is 0 Å². The first-order valence-electron chi connectivity index (χ1n) is 12.3. The predicted molar refractivity (Wildman–Crippen MR) is 152 cm³/mol. The van der Waals surface area contributed by atoms with Crippen LogP contribution in [0.1, 0.15) is 0 Å². The number of ether oxygens (including phenoxy) is 2. The Kier molecular flexibility index (Phi) is 7.78. The Hall–Kier alpha value is -2.05. The third-order valence-corrected chi connectivity index (χ3v) is 9.99. The van der Waals surface area contributed by atoms with Gasteiger partial charge < -0.3 is 9.47 Å². The predicted octanol–water partition coefficient (Wildman–Crippen LogP) is 6.92. The monoisotopic (exact) mass is 547 g/mol. The van der Waals surface area contributed by atoms with Crippen LogP contribution in [0.25, 0.3) is 32.6 Å². The molecule has 6 nitrogen and oxygen atoms in total. The van der Waals surface area contributed by atoms with Gasteiger partial charge in [-0.3, -0.25) is 13.9 Å². The van der Waals surface area contributed by atoms with E-state index in [4.69, 9.17) is 21.1 Å². The van der Waals surface area contributed by atoms with Crippen LogP contribution >= 0.6 is 11.6 Å². The van der Waals surface area contributed by atoms with Crippen LogP contribution in [0, 0.1) is 5.82 Å². The van der Waals surface area contributed by atoms with Gasteiger partial charge in [0.15, 0.2) is 0 Å². The van der Waals surface area contributed by atoms with Gasteiger partial charge in [0.2, 0.25) is 5.28 Å². The molecule has 0 N–H and O–H groups in total. The van der Waals surface area contributed by atoms with E-state index in [-0.39, 0.29) is 24.3 Å². The van der Waals surface area contributed by atoms with Gasteiger partial charge in [-0.15, -0.1) is 0 Å². The fourth-order valence-corrected chi connectivity index (χ4v) is 5.87. The minimum absolute atomic E-state index is 0.147. The van der Waals surface area contributed by atoms with E-state index in [1.54, 1.807) is 16.8 Å². The van der Waals surface area contributed by atoms with Gasteiger partial charge in [0.05, 0.1) is 16.4 Å². The quantitative estimate of drug-likeness (QED) is 0.123. The second kappa shape index (κ2) is 10.4. The van der Waals surface area contributed by atoms with Gasteiger partial charge in [0.25, 0.3) is 5.56 Å². The molecular formula is C26H35ClFN3O3Si2. The van der Waals surface area contributed by atoms with E-state index in [0.717, 1.165) is 12.1 Å². The van der Waals surface area contributed by atoms with E-state index in [1.807, 2.05) is 6.07 Å². The Morgan fingerprint density at radius 2 is 1.56 bits per heavy atom. The standard InChI is InChI=1S/C26H35ClFN3O3Si2/c1-35(2,3)13-11-33-16-30-10-9-20-22(25(30)32)21-15-18(28)7-8-19(21)23-24(20)31(26(27)29-23)17-34-12-14-36(4,5)6/h7-10,15H,11-14,16-17H2,1-6H3. The minimum Gasteiger partial charge on any atom is -0.361 e. The first kappa shape index (κ1) is 27.0. The molecule has 36 heavy (non-hydrogen) atoms. The Morgan fingerprint density at radius 1 is 0.917 bits per heavy atom. The zero-order valence-electron chi connectivity index (χ0n) is 22.0. The molecule has 0 fully saturated rings. The van der Waals surface area contributed by atoms with Crippen molar-refractivity contribution in [2.24, 2.45) is 0 Å². The molecule has 0 radical (unpaired) electrons. The van der Waals surface area contributed by atoms with E-state index < -0.39 is 22.0 Å². The first-order valence-corrected chi connectivity index (χ1v) is 20.1. The summed E-state index contributed by atoms with van der Waals surface area (Å²) >= 11 is 6.57. The lowest BCUT2D eigenvalue weighted by atomic mass is 10.0. The van der Waals surface area contributed by atoms with Gasteiger partial charge in [-0.05, 0) is 48.0 Å². The number of nitrogens with zero attached hydrogens (tertiary/aromatic N) is 3. The van der Waals surface area contributed by atoms with E-state index in [1.165, 1.54) is 16.7 Å². The highest BCUT2D eigenvalue weighted by Gasteiger charge is 2.21. The van der Waals surface area contributed by atoms with Crippen LogP contribution in [0.15, 0.2) is 35.3 Å². The van der Waals surface area contributed by atoms with Crippen LogP contribution in [0.4, 0.5) is 4.39 Å². The zero-order chi connectivity index (χ0) is 26.3. The molecule has 0 aliphatic carbocycles. The number of fused-ring (bicyclic) bond motifs is 6. The summed E-state index contributed by atoms with van der Waals surface area (Å²) in [6.45, 7) is 15.4. The summed E-state index contributed by atoms with van der Waals surface area (Å²) in [4.78, 5) is 18.2. The summed E-state index contributed by atoms with van der Waals surface area (Å²) in [5.74, 6) is -0.412. The van der Waals surface area contributed by atoms with E-state index in [0.29, 0.717) is 45.8 Å². The molecule has 2 heterocycles. The summed E-state index contributed by atoms with van der Waals surface area (Å²) in [6.07, 6.45) is 1.72. The Labute approximate surface area is 218 Å². The van der Waals surface area contributed by atoms with Crippen molar-refractivity contribution in [3.8, 4) is 0 Å². The summed E-state index contributed by atoms with van der Waals surface area (Å²) in [5, 5.41) is 2.55. The van der Waals surface area contributed by atoms with Crippen LogP contribution in [0.3, 0.4) is 0 Å². The van der Waals surface area contributed by atoms with Gasteiger partial charge in [-0.1, -0.05) is 39.3 Å². The van der Waals surface area contributed by atoms with Crippen LogP contribution in [0.2, 0.25) is 56.7 Å². The van der Waals surface area contributed by atoms with Crippen molar-refractivity contribution in [2.45, 2.75) is 64.8 Å². The number of pyridine rings is 1. The van der Waals surface area contributed by atoms with Gasteiger partial charge in [-0.2, -0.15) is 0 Å². The summed E-state index contributed by atoms with van der Waals surface area (Å²) in [6, 6.07) is 8.34. The maximum atomic E-state index is 14.3. The summed E-state index contributed by atoms with van der Waals surface area (Å²) in [7, 11) is -2.48. The second-order valence-corrected chi connectivity index (χ2v) is 23.4. The number of hydrogen-bond acceptors (Lipinski definition) is 4. The van der Waals surface area contributed by atoms with E-state index in [2.05, 4.69) is 44.3 Å². The van der Waals surface area contributed by atoms with Crippen molar-refractivity contribution in [3.05, 3.63) is 51.9 Å². The molecule has 10 heteroatoms. The topological polar surface area (TPSA) is 58.3 Å². The number of halogens is 2. The fraction of sp³-hybridized carbons (Fsp3) is 0.462. The average molecular weight is 548 g/mol. The van der Waals surface area contributed by atoms with E-state index in [9.17, 15) is 9.18 Å². The lowest BCUT2D eigenvalue weighted by molar-refractivity contribution is 0.0851. The van der Waals surface area contributed by atoms with Crippen molar-refractivity contribution in [1.29, 1.82) is 0 Å². The van der Waals surface area contributed by atoms with Crippen molar-refractivity contribution >= 4 is 60.3 Å². The molecular weight excluding hydrogens is 513 g/mol. The molecule has 0 unspecified atom stereocenters. The maximum Gasteiger partial charge on any atom is 0.261 e. The second-order valence-electron chi connectivity index (χ2n) is 11.8. The SMILES string of the molecule is C[Si](C)(C)CCOCn1ccc2c(c1=O)c1cc(F)ccc1c1nc(Cl)n(COCC[Si](C)(C)C)c21. The first-order chi connectivity index (χ1) is 16.9. The maximum absolute atomic E-state index is 14.3. The molecule has 0 spiro atoms. The van der Waals surface area contributed by atoms with Gasteiger partial charge in [-0.25, -0.2) is 9.37 Å². The Balaban J connectivity index is 1.81. The van der Waals surface area contributed by atoms with Crippen LogP contribution in [0.5, 0.6) is 0 Å². The third kappa shape index (κ3) is 5.91. The largest absolute Gasteiger partial charge is 0.361 e. The highest BCUT2D eigenvalue weighted by Crippen LogP contribution is 2.35. The van der Waals surface area contributed by atoms with Crippen molar-refractivity contribution in [2.75, 3.05) is 13.2 Å². The average Bonchev–Trinajstić information content (AvgIpc) is 3.10. The minimum atomic E-state index is -1.24. The Bertz CT molecular complexity index is 1470. The molecule has 194 valence electrons. The molecule has 0 aliphatic rings. The third-order valence-electron chi connectivity index (χ3n) is 6.29. The molecule has 0 atom stereocenters. The molecule has 4 rings (SSSR count). The molecule has 2 aromatic heterocycles. The van der Waals surface area contributed by atoms with Crippen molar-refractivity contribution < 1.29 is 13.9 Å². The van der Waals surface area contributed by atoms with Crippen molar-refractivity contribution in [1.82, 2.24) is 14.1 Å². The molecule has 4 aromatic rings. The molecule has 0 amide bonds. The van der Waals surface area contributed by atoms with Gasteiger partial charge in [0, 0.05) is 51.7 Å². The molecule has 0 aliphatic heterocycles. The highest BCUT2D eigenvalue weighted by atomic mass is 35.5. The number of benzene rings is 2. The van der Waals surface area contributed by atoms with E-state index >= 15 is 0 Å². The normalized spacial score (nSPS) is 12.9. The fourth-order valence-electron chi connectivity index (χ4n) is 4.14.